The largest absolute Gasteiger partial charge is 0.474 e. The molecule has 0 aromatic rings. The fourth-order valence-electron chi connectivity index (χ4n) is 5.38. The van der Waals surface area contributed by atoms with E-state index in [1.54, 1.807) is 6.92 Å². The third kappa shape index (κ3) is 53.0. The van der Waals surface area contributed by atoms with Crippen LogP contribution >= 0.6 is 80.0 Å². The van der Waals surface area contributed by atoms with Crippen LogP contribution in [0.15, 0.2) is 0 Å². The van der Waals surface area contributed by atoms with Crippen molar-refractivity contribution in [3.63, 3.8) is 0 Å². The molecule has 0 aromatic carbocycles. The van der Waals surface area contributed by atoms with E-state index in [-0.39, 0.29) is 159 Å². The average Bonchev–Trinajstić information content (AvgIpc) is 3.38. The van der Waals surface area contributed by atoms with Gasteiger partial charge in [-0.3, -0.25) is 41.0 Å². The van der Waals surface area contributed by atoms with Gasteiger partial charge in [-0.1, -0.05) is 87.5 Å². The van der Waals surface area contributed by atoms with E-state index in [0.717, 1.165) is 38.5 Å². The van der Waals surface area contributed by atoms with Gasteiger partial charge in [-0.05, 0) is 54.4 Å². The molecule has 0 aromatic heterocycles. The molecule has 0 aliphatic heterocycles. The zero-order chi connectivity index (χ0) is 59.3. The lowest BCUT2D eigenvalue weighted by Gasteiger charge is -2.24. The molecular formula is C44H103BO24P10. The lowest BCUT2D eigenvalue weighted by molar-refractivity contribution is -0.0260. The molecule has 0 aliphatic carbocycles. The lowest BCUT2D eigenvalue weighted by Crippen LogP contribution is -2.20. The van der Waals surface area contributed by atoms with E-state index in [0.29, 0.717) is 46.7 Å². The average molecular weight is 1340 g/mol. The summed E-state index contributed by atoms with van der Waals surface area (Å²) in [6.45, 7) is 11.8. The van der Waals surface area contributed by atoms with Gasteiger partial charge in [-0.2, -0.15) is 8.15 Å². The van der Waals surface area contributed by atoms with Crippen LogP contribution in [0.25, 0.3) is 0 Å². The maximum absolute atomic E-state index is 14.1. The monoisotopic (exact) mass is 1340 g/mol. The SMILES string of the molecule is C.CCCCOP(=O)(CCO)OCCP(=O)(OCCCC)OCCP(=O)(OCCCC)OCCP(=O)(OCCCC)OCCP(=O)(OCCCC)OCCOCC(C)OCCOP(=O)(OCCO)OCCCC.O=PP.[B]PP. The van der Waals surface area contributed by atoms with Crippen LogP contribution in [-0.4, -0.2) is 174 Å². The number of unbranched alkanes of at least 4 members (excludes halogenated alkanes) is 6. The Labute approximate surface area is 484 Å². The van der Waals surface area contributed by atoms with Crippen LogP contribution in [0.1, 0.15) is 133 Å². The standard InChI is InChI=1S/C43H94O23P6.CH4.BH3P2.H2OP2/c1-8-14-22-54-67(46,37-21-45)60-33-39-69(48,56-24-16-10-3)62-35-41-71(50,58-26-18-12-5)63-36-40-70(49,57-25-17-11-4)61-34-38-68(47,55-23-15-9-2)59-31-29-52-42-43(7)53-30-32-66-72(51,65-28-20-44)64-27-19-13-6;;2*1-3-2/h43-45H,8-42H2,1-7H3;1H4;3H,2H2;2H2. The van der Waals surface area contributed by atoms with Crippen molar-refractivity contribution in [3.8, 4) is 0 Å². The number of hydrogen-bond acceptors (Lipinski definition) is 24. The highest BCUT2D eigenvalue weighted by Crippen LogP contribution is 2.56. The Kier molecular flexibility index (Phi) is 64.2. The Balaban J connectivity index is -0.00000382. The van der Waals surface area contributed by atoms with Crippen LogP contribution in [0, 0.1) is 0 Å². The van der Waals surface area contributed by atoms with Gasteiger partial charge in [0, 0.05) is 0 Å². The molecule has 0 saturated heterocycles. The summed E-state index contributed by atoms with van der Waals surface area (Å²) in [5.74, 6) is 0. The van der Waals surface area contributed by atoms with E-state index >= 15 is 0 Å². The predicted octanol–water partition coefficient (Wildman–Crippen LogP) is 13.7. The minimum Gasteiger partial charge on any atom is -0.396 e. The number of ether oxygens (including phenoxy) is 2. The van der Waals surface area contributed by atoms with Gasteiger partial charge >= 0.3 is 45.8 Å². The Morgan fingerprint density at radius 1 is 0.430 bits per heavy atom. The van der Waals surface area contributed by atoms with E-state index < -0.39 is 58.5 Å². The number of phosphoric ester groups is 1. The first-order valence-electron chi connectivity index (χ1n) is 26.8. The summed E-state index contributed by atoms with van der Waals surface area (Å²) >= 11 is 0. The third-order valence-electron chi connectivity index (χ3n) is 9.61. The second kappa shape index (κ2) is 57.9. The quantitative estimate of drug-likeness (QED) is 0.0325. The predicted molar refractivity (Wildman–Crippen MR) is 325 cm³/mol. The molecule has 0 spiro atoms. The Hall–Kier alpha value is 2.15. The number of phosphoric acid groups is 1. The van der Waals surface area contributed by atoms with Crippen molar-refractivity contribution in [2.45, 2.75) is 139 Å². The van der Waals surface area contributed by atoms with Crippen molar-refractivity contribution in [3.05, 3.63) is 0 Å². The second-order valence-corrected chi connectivity index (χ2v) is 31.3. The lowest BCUT2D eigenvalue weighted by atomic mass is 10.4. The van der Waals surface area contributed by atoms with Crippen LogP contribution in [0.4, 0.5) is 0 Å². The van der Waals surface area contributed by atoms with E-state index in [9.17, 15) is 32.5 Å². The summed E-state index contributed by atoms with van der Waals surface area (Å²) in [6.07, 6.45) is 6.34. The molecule has 10 unspecified atom stereocenters. The smallest absolute Gasteiger partial charge is 0.396 e. The van der Waals surface area contributed by atoms with Crippen molar-refractivity contribution in [2.24, 2.45) is 0 Å². The third-order valence-corrected chi connectivity index (χ3v) is 20.5. The highest BCUT2D eigenvalue weighted by atomic mass is 32.0. The van der Waals surface area contributed by atoms with Crippen LogP contribution in [0.5, 0.6) is 0 Å². The Morgan fingerprint density at radius 2 is 0.684 bits per heavy atom. The maximum Gasteiger partial charge on any atom is 0.474 e. The van der Waals surface area contributed by atoms with E-state index in [1.165, 1.54) is 0 Å². The van der Waals surface area contributed by atoms with Crippen LogP contribution in [0.2, 0.25) is 0 Å². The molecule has 35 heteroatoms. The first kappa shape index (κ1) is 87.6. The summed E-state index contributed by atoms with van der Waals surface area (Å²) in [4.78, 5) is 0. The molecule has 2 N–H and O–H groups in total. The topological polar surface area (TPSA) is 298 Å². The van der Waals surface area contributed by atoms with E-state index in [2.05, 4.69) is 8.93 Å². The molecular weight excluding hydrogens is 1230 g/mol. The molecule has 10 atom stereocenters. The molecule has 0 rings (SSSR count). The first-order chi connectivity index (χ1) is 37.2. The minimum absolute atomic E-state index is 0. The second-order valence-electron chi connectivity index (χ2n) is 16.5. The zero-order valence-electron chi connectivity index (χ0n) is 47.6. The summed E-state index contributed by atoms with van der Waals surface area (Å²) < 4.78 is 175. The van der Waals surface area contributed by atoms with E-state index in [1.807, 2.05) is 50.5 Å². The molecule has 0 amide bonds. The summed E-state index contributed by atoms with van der Waals surface area (Å²) in [7, 11) is -13.3. The van der Waals surface area contributed by atoms with Gasteiger partial charge in [0.25, 0.3) is 0 Å². The number of aliphatic hydroxyl groups excluding tert-OH is 2. The van der Waals surface area contributed by atoms with Crippen molar-refractivity contribution in [2.75, 3.05) is 150 Å². The van der Waals surface area contributed by atoms with Crippen LogP contribution in [-0.2, 0) is 100 Å². The number of hydrogen-bond donors (Lipinski definition) is 2. The molecule has 0 fully saturated rings. The van der Waals surface area contributed by atoms with Gasteiger partial charge < -0.3 is 64.9 Å². The fraction of sp³-hybridized carbons (Fsp3) is 1.00. The minimum atomic E-state index is -3.97. The highest BCUT2D eigenvalue weighted by Gasteiger charge is 2.34. The summed E-state index contributed by atoms with van der Waals surface area (Å²) in [5, 5.41) is 18.5. The molecule has 0 bridgehead atoms. The van der Waals surface area contributed by atoms with Crippen molar-refractivity contribution >= 4 is 87.5 Å². The Bertz CT molecular complexity index is 1680. The van der Waals surface area contributed by atoms with Crippen molar-refractivity contribution in [1.29, 1.82) is 0 Å². The van der Waals surface area contributed by atoms with Crippen LogP contribution in [0.3, 0.4) is 0 Å². The van der Waals surface area contributed by atoms with Gasteiger partial charge in [-0.25, -0.2) is 4.57 Å². The van der Waals surface area contributed by atoms with Gasteiger partial charge in [0.1, 0.15) is 7.57 Å². The molecule has 24 nitrogen and oxygen atoms in total. The molecule has 0 saturated carbocycles. The maximum atomic E-state index is 14.1. The molecule has 0 heterocycles. The molecule has 476 valence electrons. The number of aliphatic hydroxyl groups is 2. The van der Waals surface area contributed by atoms with Crippen molar-refractivity contribution < 1.29 is 110 Å². The number of rotatable bonds is 56. The highest BCUT2D eigenvalue weighted by molar-refractivity contribution is 8.15. The van der Waals surface area contributed by atoms with Gasteiger partial charge in [0.05, 0.1) is 156 Å². The van der Waals surface area contributed by atoms with Gasteiger partial charge in [0.15, 0.2) is 8.15 Å². The van der Waals surface area contributed by atoms with Crippen LogP contribution < -0.4 is 0 Å². The van der Waals surface area contributed by atoms with Crippen molar-refractivity contribution in [1.82, 2.24) is 0 Å². The normalized spacial score (nSPS) is 16.7. The fourth-order valence-corrected chi connectivity index (χ4v) is 14.2. The first-order valence-corrected chi connectivity index (χ1v) is 42.2. The summed E-state index contributed by atoms with van der Waals surface area (Å²) in [6, 6.07) is 0. The van der Waals surface area contributed by atoms with E-state index in [4.69, 9.17) is 85.5 Å². The molecule has 79 heavy (non-hydrogen) atoms. The Morgan fingerprint density at radius 3 is 0.987 bits per heavy atom. The molecule has 0 aliphatic rings. The van der Waals surface area contributed by atoms with Gasteiger partial charge in [0.2, 0.25) is 0 Å². The molecule has 2 radical (unpaired) electrons. The zero-order valence-corrected chi connectivity index (χ0v) is 57.1. The summed E-state index contributed by atoms with van der Waals surface area (Å²) in [5.41, 5.74) is 0. The van der Waals surface area contributed by atoms with Gasteiger partial charge in [-0.15, -0.1) is 8.93 Å².